The Hall–Kier alpha value is -1.61. The maximum absolute atomic E-state index is 12.2. The number of halogens is 1. The standard InChI is InChI=1S/C16H15BrN2OS/c1-11-7-12(3-2-5-18)9-13(8-11)16(20)19-10-15-14(17)4-6-21-15/h4,6-9H,5,10,18H2,1H3,(H,19,20). The molecule has 0 radical (unpaired) electrons. The number of nitrogens with one attached hydrogen (secondary N) is 1. The Labute approximate surface area is 136 Å². The van der Waals surface area contributed by atoms with Crippen molar-refractivity contribution in [2.75, 3.05) is 6.54 Å². The van der Waals surface area contributed by atoms with E-state index in [-0.39, 0.29) is 5.91 Å². The van der Waals surface area contributed by atoms with Crippen molar-refractivity contribution in [2.45, 2.75) is 13.5 Å². The number of benzene rings is 1. The highest BCUT2D eigenvalue weighted by Gasteiger charge is 2.08. The monoisotopic (exact) mass is 362 g/mol. The molecule has 0 spiro atoms. The number of rotatable bonds is 3. The highest BCUT2D eigenvalue weighted by molar-refractivity contribution is 9.10. The zero-order valence-corrected chi connectivity index (χ0v) is 14.0. The number of carbonyl (C=O) groups is 1. The summed E-state index contributed by atoms with van der Waals surface area (Å²) in [6.45, 7) is 2.76. The topological polar surface area (TPSA) is 55.1 Å². The first-order valence-corrected chi connectivity index (χ1v) is 8.08. The quantitative estimate of drug-likeness (QED) is 0.824. The molecule has 0 saturated carbocycles. The number of hydrogen-bond acceptors (Lipinski definition) is 3. The van der Waals surface area contributed by atoms with Crippen molar-refractivity contribution in [1.29, 1.82) is 0 Å². The number of amides is 1. The minimum atomic E-state index is -0.102. The van der Waals surface area contributed by atoms with Gasteiger partial charge < -0.3 is 11.1 Å². The summed E-state index contributed by atoms with van der Waals surface area (Å²) in [6.07, 6.45) is 0. The van der Waals surface area contributed by atoms with Crippen LogP contribution >= 0.6 is 27.3 Å². The fraction of sp³-hybridized carbons (Fsp3) is 0.188. The zero-order chi connectivity index (χ0) is 15.2. The van der Waals surface area contributed by atoms with Gasteiger partial charge in [-0.15, -0.1) is 11.3 Å². The molecule has 3 N–H and O–H groups in total. The first kappa shape index (κ1) is 15.8. The van der Waals surface area contributed by atoms with Gasteiger partial charge in [0.05, 0.1) is 13.1 Å². The second kappa shape index (κ2) is 7.41. The Kier molecular flexibility index (Phi) is 5.57. The van der Waals surface area contributed by atoms with Crippen LogP contribution in [-0.2, 0) is 6.54 Å². The molecule has 1 aromatic heterocycles. The largest absolute Gasteiger partial charge is 0.347 e. The molecule has 0 saturated heterocycles. The van der Waals surface area contributed by atoms with Gasteiger partial charge in [-0.3, -0.25) is 4.79 Å². The Balaban J connectivity index is 2.11. The summed E-state index contributed by atoms with van der Waals surface area (Å²) < 4.78 is 1.02. The zero-order valence-electron chi connectivity index (χ0n) is 11.6. The average molecular weight is 363 g/mol. The molecule has 0 aliphatic heterocycles. The van der Waals surface area contributed by atoms with E-state index in [1.807, 2.05) is 30.5 Å². The average Bonchev–Trinajstić information content (AvgIpc) is 2.87. The van der Waals surface area contributed by atoms with E-state index in [4.69, 9.17) is 5.73 Å². The van der Waals surface area contributed by atoms with Crippen LogP contribution in [0.1, 0.15) is 26.4 Å². The second-order valence-electron chi connectivity index (χ2n) is 4.47. The Morgan fingerprint density at radius 2 is 2.24 bits per heavy atom. The van der Waals surface area contributed by atoms with Crippen molar-refractivity contribution < 1.29 is 4.79 Å². The molecule has 0 aliphatic rings. The molecule has 1 amide bonds. The fourth-order valence-electron chi connectivity index (χ4n) is 1.85. The number of carbonyl (C=O) groups excluding carboxylic acids is 1. The summed E-state index contributed by atoms with van der Waals surface area (Å²) in [5.41, 5.74) is 7.80. The molecule has 1 aromatic carbocycles. The van der Waals surface area contributed by atoms with Gasteiger partial charge in [0.15, 0.2) is 0 Å². The van der Waals surface area contributed by atoms with Gasteiger partial charge in [0, 0.05) is 20.5 Å². The number of thiophene rings is 1. The molecule has 21 heavy (non-hydrogen) atoms. The number of nitrogens with two attached hydrogens (primary N) is 1. The van der Waals surface area contributed by atoms with E-state index >= 15 is 0 Å². The first-order valence-electron chi connectivity index (χ1n) is 6.41. The number of hydrogen-bond donors (Lipinski definition) is 2. The van der Waals surface area contributed by atoms with Gasteiger partial charge >= 0.3 is 0 Å². The van der Waals surface area contributed by atoms with E-state index in [1.54, 1.807) is 17.4 Å². The van der Waals surface area contributed by atoms with Gasteiger partial charge in [0.1, 0.15) is 0 Å². The lowest BCUT2D eigenvalue weighted by atomic mass is 10.1. The van der Waals surface area contributed by atoms with Gasteiger partial charge in [0.2, 0.25) is 0 Å². The third-order valence-electron chi connectivity index (χ3n) is 2.77. The van der Waals surface area contributed by atoms with Gasteiger partial charge in [-0.2, -0.15) is 0 Å². The van der Waals surface area contributed by atoms with Crippen molar-refractivity contribution in [3.8, 4) is 11.8 Å². The molecule has 1 heterocycles. The molecule has 2 aromatic rings. The summed E-state index contributed by atoms with van der Waals surface area (Å²) in [4.78, 5) is 13.3. The van der Waals surface area contributed by atoms with E-state index in [0.29, 0.717) is 18.7 Å². The lowest BCUT2D eigenvalue weighted by molar-refractivity contribution is 0.0951. The maximum atomic E-state index is 12.2. The van der Waals surface area contributed by atoms with Crippen LogP contribution < -0.4 is 11.1 Å². The summed E-state index contributed by atoms with van der Waals surface area (Å²) in [5, 5.41) is 4.91. The predicted molar refractivity (Wildman–Crippen MR) is 90.3 cm³/mol. The summed E-state index contributed by atoms with van der Waals surface area (Å²) in [5.74, 6) is 5.66. The van der Waals surface area contributed by atoms with Crippen LogP contribution in [0.15, 0.2) is 34.1 Å². The van der Waals surface area contributed by atoms with E-state index in [2.05, 4.69) is 33.1 Å². The van der Waals surface area contributed by atoms with Crippen LogP contribution in [0.25, 0.3) is 0 Å². The van der Waals surface area contributed by atoms with Crippen LogP contribution in [0.5, 0.6) is 0 Å². The van der Waals surface area contributed by atoms with Gasteiger partial charge in [0.25, 0.3) is 5.91 Å². The lowest BCUT2D eigenvalue weighted by Gasteiger charge is -2.06. The van der Waals surface area contributed by atoms with Gasteiger partial charge in [-0.25, -0.2) is 0 Å². The smallest absolute Gasteiger partial charge is 0.251 e. The summed E-state index contributed by atoms with van der Waals surface area (Å²) in [6, 6.07) is 7.55. The van der Waals surface area contributed by atoms with Gasteiger partial charge in [-0.1, -0.05) is 11.8 Å². The van der Waals surface area contributed by atoms with Crippen molar-refractivity contribution in [3.63, 3.8) is 0 Å². The minimum Gasteiger partial charge on any atom is -0.347 e. The SMILES string of the molecule is Cc1cc(C#CCN)cc(C(=O)NCc2sccc2Br)c1. The van der Waals surface area contributed by atoms with Crippen LogP contribution in [0.3, 0.4) is 0 Å². The Morgan fingerprint density at radius 1 is 1.43 bits per heavy atom. The Morgan fingerprint density at radius 3 is 2.90 bits per heavy atom. The highest BCUT2D eigenvalue weighted by atomic mass is 79.9. The molecule has 0 aliphatic carbocycles. The van der Waals surface area contributed by atoms with Crippen LogP contribution in [-0.4, -0.2) is 12.5 Å². The van der Waals surface area contributed by atoms with Gasteiger partial charge in [-0.05, 0) is 58.1 Å². The van der Waals surface area contributed by atoms with E-state index in [9.17, 15) is 4.79 Å². The summed E-state index contributed by atoms with van der Waals surface area (Å²) in [7, 11) is 0. The molecule has 3 nitrogen and oxygen atoms in total. The molecule has 5 heteroatoms. The first-order chi connectivity index (χ1) is 10.1. The van der Waals surface area contributed by atoms with Crippen molar-refractivity contribution >= 4 is 33.2 Å². The molecule has 0 bridgehead atoms. The summed E-state index contributed by atoms with van der Waals surface area (Å²) >= 11 is 5.06. The van der Waals surface area contributed by atoms with Crippen molar-refractivity contribution in [3.05, 3.63) is 55.7 Å². The third-order valence-corrected chi connectivity index (χ3v) is 4.70. The minimum absolute atomic E-state index is 0.102. The van der Waals surface area contributed by atoms with E-state index < -0.39 is 0 Å². The van der Waals surface area contributed by atoms with Crippen molar-refractivity contribution in [1.82, 2.24) is 5.32 Å². The van der Waals surface area contributed by atoms with E-state index in [1.165, 1.54) is 0 Å². The van der Waals surface area contributed by atoms with Crippen molar-refractivity contribution in [2.24, 2.45) is 5.73 Å². The molecule has 0 fully saturated rings. The Bertz CT molecular complexity index is 713. The highest BCUT2D eigenvalue weighted by Crippen LogP contribution is 2.22. The van der Waals surface area contributed by atoms with Crippen LogP contribution in [0, 0.1) is 18.8 Å². The molecule has 0 unspecified atom stereocenters. The second-order valence-corrected chi connectivity index (χ2v) is 6.32. The predicted octanol–water partition coefficient (Wildman–Crippen LogP) is 3.06. The lowest BCUT2D eigenvalue weighted by Crippen LogP contribution is -2.22. The molecular formula is C16H15BrN2OS. The molecule has 2 rings (SSSR count). The molecule has 108 valence electrons. The normalized spacial score (nSPS) is 9.86. The molecular weight excluding hydrogens is 348 g/mol. The van der Waals surface area contributed by atoms with E-state index in [0.717, 1.165) is 20.5 Å². The molecule has 0 atom stereocenters. The third kappa shape index (κ3) is 4.43. The van der Waals surface area contributed by atoms with Crippen LogP contribution in [0.2, 0.25) is 0 Å². The maximum Gasteiger partial charge on any atom is 0.251 e. The fourth-order valence-corrected chi connectivity index (χ4v) is 3.29. The number of aryl methyl sites for hydroxylation is 1. The van der Waals surface area contributed by atoms with Crippen LogP contribution in [0.4, 0.5) is 0 Å².